The smallest absolute Gasteiger partial charge is 0.102 e. The lowest BCUT2D eigenvalue weighted by Crippen LogP contribution is -2.28. The monoisotopic (exact) mass is 178 g/mol. The van der Waals surface area contributed by atoms with Crippen molar-refractivity contribution in [1.29, 1.82) is 5.26 Å². The van der Waals surface area contributed by atoms with Gasteiger partial charge in [-0.3, -0.25) is 4.68 Å². The first-order valence-electron chi connectivity index (χ1n) is 4.20. The number of hydrogen-bond donors (Lipinski definition) is 1. The van der Waals surface area contributed by atoms with E-state index in [2.05, 4.69) is 18.9 Å². The Morgan fingerprint density at radius 1 is 1.69 bits per heavy atom. The first-order valence-corrected chi connectivity index (χ1v) is 4.20. The van der Waals surface area contributed by atoms with Crippen LogP contribution < -0.4 is 5.73 Å². The Hall–Kier alpha value is -1.34. The average molecular weight is 178 g/mol. The Bertz CT molecular complexity index is 319. The fourth-order valence-corrected chi connectivity index (χ4v) is 1.01. The maximum absolute atomic E-state index is 8.58. The fourth-order valence-electron chi connectivity index (χ4n) is 1.01. The predicted molar refractivity (Wildman–Crippen MR) is 49.8 cm³/mol. The van der Waals surface area contributed by atoms with Gasteiger partial charge in [0.15, 0.2) is 0 Å². The third-order valence-electron chi connectivity index (χ3n) is 1.90. The van der Waals surface area contributed by atoms with Crippen molar-refractivity contribution in [3.63, 3.8) is 0 Å². The summed E-state index contributed by atoms with van der Waals surface area (Å²) in [6.07, 6.45) is 3.30. The molecule has 70 valence electrons. The largest absolute Gasteiger partial charge is 0.330 e. The summed E-state index contributed by atoms with van der Waals surface area (Å²) in [5.41, 5.74) is 6.20. The maximum atomic E-state index is 8.58. The molecule has 4 heteroatoms. The van der Waals surface area contributed by atoms with Gasteiger partial charge >= 0.3 is 0 Å². The summed E-state index contributed by atoms with van der Waals surface area (Å²) in [6.45, 7) is 5.49. The molecule has 1 aromatic heterocycles. The zero-order valence-electron chi connectivity index (χ0n) is 7.99. The zero-order chi connectivity index (χ0) is 9.90. The van der Waals surface area contributed by atoms with Crippen LogP contribution in [0.2, 0.25) is 0 Å². The summed E-state index contributed by atoms with van der Waals surface area (Å²) in [6, 6.07) is 2.04. The first-order chi connectivity index (χ1) is 6.07. The molecule has 0 saturated carbocycles. The van der Waals surface area contributed by atoms with Crippen LogP contribution in [-0.4, -0.2) is 16.3 Å². The van der Waals surface area contributed by atoms with Crippen molar-refractivity contribution in [2.45, 2.75) is 20.4 Å². The van der Waals surface area contributed by atoms with Gasteiger partial charge in [0.05, 0.1) is 11.8 Å². The quantitative estimate of drug-likeness (QED) is 0.742. The van der Waals surface area contributed by atoms with Crippen molar-refractivity contribution in [1.82, 2.24) is 9.78 Å². The molecule has 1 aromatic rings. The lowest BCUT2D eigenvalue weighted by molar-refractivity contribution is 0.301. The summed E-state index contributed by atoms with van der Waals surface area (Å²) in [7, 11) is 0. The average Bonchev–Trinajstić information content (AvgIpc) is 2.52. The second kappa shape index (κ2) is 3.58. The summed E-state index contributed by atoms with van der Waals surface area (Å²) >= 11 is 0. The lowest BCUT2D eigenvalue weighted by atomic mass is 9.94. The standard InChI is InChI=1S/C9H14N4/c1-9(2,6-11)7-13-5-8(3-10)4-12-13/h4-5H,6-7,11H2,1-2H3. The van der Waals surface area contributed by atoms with Gasteiger partial charge in [-0.1, -0.05) is 13.8 Å². The van der Waals surface area contributed by atoms with E-state index in [0.29, 0.717) is 12.1 Å². The molecule has 1 rings (SSSR count). The number of nitrogens with zero attached hydrogens (tertiary/aromatic N) is 3. The normalized spacial score (nSPS) is 11.2. The number of aromatic nitrogens is 2. The molecule has 0 fully saturated rings. The molecular weight excluding hydrogens is 164 g/mol. The highest BCUT2D eigenvalue weighted by Gasteiger charge is 2.16. The molecule has 0 aliphatic carbocycles. The highest BCUT2D eigenvalue weighted by atomic mass is 15.3. The van der Waals surface area contributed by atoms with E-state index in [4.69, 9.17) is 11.0 Å². The van der Waals surface area contributed by atoms with E-state index in [9.17, 15) is 0 Å². The minimum atomic E-state index is 0.0265. The van der Waals surface area contributed by atoms with E-state index >= 15 is 0 Å². The number of nitriles is 1. The van der Waals surface area contributed by atoms with Gasteiger partial charge in [-0.25, -0.2) is 0 Å². The topological polar surface area (TPSA) is 67.6 Å². The molecule has 0 aliphatic heterocycles. The Kier molecular flexibility index (Phi) is 2.69. The summed E-state index contributed by atoms with van der Waals surface area (Å²) < 4.78 is 1.76. The van der Waals surface area contributed by atoms with E-state index in [1.165, 1.54) is 0 Å². The van der Waals surface area contributed by atoms with Crippen molar-refractivity contribution >= 4 is 0 Å². The van der Waals surface area contributed by atoms with Crippen molar-refractivity contribution in [2.75, 3.05) is 6.54 Å². The molecule has 4 nitrogen and oxygen atoms in total. The van der Waals surface area contributed by atoms with E-state index in [1.807, 2.05) is 6.07 Å². The van der Waals surface area contributed by atoms with Crippen molar-refractivity contribution in [3.8, 4) is 6.07 Å². The highest BCUT2D eigenvalue weighted by Crippen LogP contribution is 2.15. The fraction of sp³-hybridized carbons (Fsp3) is 0.556. The molecule has 0 aliphatic rings. The summed E-state index contributed by atoms with van der Waals surface area (Å²) in [4.78, 5) is 0. The minimum Gasteiger partial charge on any atom is -0.330 e. The number of hydrogen-bond acceptors (Lipinski definition) is 3. The van der Waals surface area contributed by atoms with Gasteiger partial charge in [0, 0.05) is 12.7 Å². The molecule has 0 unspecified atom stereocenters. The molecule has 0 bridgehead atoms. The number of nitrogens with two attached hydrogens (primary N) is 1. The van der Waals surface area contributed by atoms with Crippen molar-refractivity contribution < 1.29 is 0 Å². The van der Waals surface area contributed by atoms with Crippen LogP contribution in [0.1, 0.15) is 19.4 Å². The Morgan fingerprint density at radius 3 is 2.85 bits per heavy atom. The Labute approximate surface area is 78.0 Å². The molecule has 0 radical (unpaired) electrons. The predicted octanol–water partition coefficient (Wildman–Crippen LogP) is 0.740. The van der Waals surface area contributed by atoms with Crippen LogP contribution in [0.5, 0.6) is 0 Å². The maximum Gasteiger partial charge on any atom is 0.102 e. The van der Waals surface area contributed by atoms with Crippen LogP contribution in [-0.2, 0) is 6.54 Å². The van der Waals surface area contributed by atoms with Gasteiger partial charge in [-0.15, -0.1) is 0 Å². The van der Waals surface area contributed by atoms with Crippen LogP contribution in [0, 0.1) is 16.7 Å². The third kappa shape index (κ3) is 2.56. The van der Waals surface area contributed by atoms with Gasteiger partial charge < -0.3 is 5.73 Å². The van der Waals surface area contributed by atoms with Crippen LogP contribution in [0.4, 0.5) is 0 Å². The zero-order valence-corrected chi connectivity index (χ0v) is 7.99. The van der Waals surface area contributed by atoms with Crippen molar-refractivity contribution in [3.05, 3.63) is 18.0 Å². The molecule has 1 heterocycles. The van der Waals surface area contributed by atoms with E-state index in [-0.39, 0.29) is 5.41 Å². The molecule has 0 amide bonds. The highest BCUT2D eigenvalue weighted by molar-refractivity contribution is 5.21. The second-order valence-electron chi connectivity index (χ2n) is 3.91. The van der Waals surface area contributed by atoms with Crippen LogP contribution in [0.15, 0.2) is 12.4 Å². The van der Waals surface area contributed by atoms with Crippen LogP contribution in [0.25, 0.3) is 0 Å². The Morgan fingerprint density at radius 2 is 2.38 bits per heavy atom. The van der Waals surface area contributed by atoms with E-state index < -0.39 is 0 Å². The van der Waals surface area contributed by atoms with Crippen LogP contribution >= 0.6 is 0 Å². The van der Waals surface area contributed by atoms with E-state index in [0.717, 1.165) is 6.54 Å². The summed E-state index contributed by atoms with van der Waals surface area (Å²) in [5.74, 6) is 0. The molecule has 13 heavy (non-hydrogen) atoms. The number of rotatable bonds is 3. The van der Waals surface area contributed by atoms with Gasteiger partial charge in [-0.2, -0.15) is 10.4 Å². The van der Waals surface area contributed by atoms with Gasteiger partial charge in [0.1, 0.15) is 6.07 Å². The Balaban J connectivity index is 2.70. The second-order valence-corrected chi connectivity index (χ2v) is 3.91. The van der Waals surface area contributed by atoms with E-state index in [1.54, 1.807) is 17.1 Å². The van der Waals surface area contributed by atoms with Crippen LogP contribution in [0.3, 0.4) is 0 Å². The van der Waals surface area contributed by atoms with Gasteiger partial charge in [-0.05, 0) is 12.0 Å². The molecule has 2 N–H and O–H groups in total. The molecular formula is C9H14N4. The molecule has 0 atom stereocenters. The SMILES string of the molecule is CC(C)(CN)Cn1cc(C#N)cn1. The molecule has 0 aromatic carbocycles. The lowest BCUT2D eigenvalue weighted by Gasteiger charge is -2.21. The van der Waals surface area contributed by atoms with Crippen molar-refractivity contribution in [2.24, 2.45) is 11.1 Å². The third-order valence-corrected chi connectivity index (χ3v) is 1.90. The first kappa shape index (κ1) is 9.75. The minimum absolute atomic E-state index is 0.0265. The molecule has 0 saturated heterocycles. The molecule has 0 spiro atoms. The van der Waals surface area contributed by atoms with Gasteiger partial charge in [0.2, 0.25) is 0 Å². The van der Waals surface area contributed by atoms with Gasteiger partial charge in [0.25, 0.3) is 0 Å². The summed E-state index contributed by atoms with van der Waals surface area (Å²) in [5, 5.41) is 12.6.